The molecule has 0 bridgehead atoms. The highest BCUT2D eigenvalue weighted by atomic mass is 35.5. The van der Waals surface area contributed by atoms with Gasteiger partial charge in [-0.2, -0.15) is 0 Å². The number of hydrogen-bond acceptors (Lipinski definition) is 6. The van der Waals surface area contributed by atoms with Gasteiger partial charge in [0.15, 0.2) is 16.6 Å². The van der Waals surface area contributed by atoms with E-state index in [1.54, 1.807) is 23.5 Å². The number of nitrogens with zero attached hydrogens (tertiary/aromatic N) is 5. The number of carbonyl (C=O) groups is 2. The summed E-state index contributed by atoms with van der Waals surface area (Å²) < 4.78 is 22.1. The van der Waals surface area contributed by atoms with Gasteiger partial charge in [0.05, 0.1) is 40.4 Å². The van der Waals surface area contributed by atoms with Gasteiger partial charge in [-0.1, -0.05) is 29.3 Å². The van der Waals surface area contributed by atoms with Crippen LogP contribution >= 0.6 is 11.6 Å². The minimum atomic E-state index is -1.56. The van der Waals surface area contributed by atoms with E-state index < -0.39 is 29.1 Å². The SMILES string of the molecule is CC(=O)OC1CC(c2ncc3cnc4c(c(Cl)cn4S(=O)c4ccc(C)cc4)n23)N(C(C)=O)C1. The molecule has 1 saturated heterocycles. The van der Waals surface area contributed by atoms with Gasteiger partial charge in [-0.15, -0.1) is 0 Å². The van der Waals surface area contributed by atoms with Crippen molar-refractivity contribution in [2.75, 3.05) is 6.54 Å². The number of halogens is 1. The lowest BCUT2D eigenvalue weighted by Gasteiger charge is -2.22. The molecule has 3 atom stereocenters. The molecule has 1 amide bonds. The van der Waals surface area contributed by atoms with Gasteiger partial charge >= 0.3 is 5.97 Å². The molecular formula is C23H22ClN5O4S. The first kappa shape index (κ1) is 22.5. The summed E-state index contributed by atoms with van der Waals surface area (Å²) in [6.45, 7) is 5.08. The molecule has 3 aromatic heterocycles. The Kier molecular flexibility index (Phi) is 5.65. The molecule has 4 aromatic rings. The van der Waals surface area contributed by atoms with E-state index in [9.17, 15) is 13.8 Å². The fraction of sp³-hybridized carbons (Fsp3) is 0.304. The summed E-state index contributed by atoms with van der Waals surface area (Å²) in [7, 11) is -1.56. The first-order chi connectivity index (χ1) is 16.2. The molecule has 1 fully saturated rings. The maximum Gasteiger partial charge on any atom is 0.302 e. The zero-order valence-electron chi connectivity index (χ0n) is 18.8. The van der Waals surface area contributed by atoms with Crippen LogP contribution in [0.5, 0.6) is 0 Å². The van der Waals surface area contributed by atoms with Crippen molar-refractivity contribution in [2.45, 2.75) is 44.2 Å². The van der Waals surface area contributed by atoms with Crippen LogP contribution in [-0.4, -0.2) is 52.0 Å². The molecule has 1 aromatic carbocycles. The van der Waals surface area contributed by atoms with E-state index in [1.165, 1.54) is 17.8 Å². The molecule has 176 valence electrons. The Bertz CT molecular complexity index is 1460. The summed E-state index contributed by atoms with van der Waals surface area (Å²) >= 11 is 6.65. The van der Waals surface area contributed by atoms with Gasteiger partial charge in [0.2, 0.25) is 5.91 Å². The Morgan fingerprint density at radius 2 is 1.85 bits per heavy atom. The van der Waals surface area contributed by atoms with Crippen LogP contribution in [-0.2, 0) is 25.3 Å². The molecule has 5 rings (SSSR count). The fourth-order valence-electron chi connectivity index (χ4n) is 4.44. The molecule has 0 radical (unpaired) electrons. The lowest BCUT2D eigenvalue weighted by Crippen LogP contribution is -2.31. The monoisotopic (exact) mass is 499 g/mol. The molecule has 3 unspecified atom stereocenters. The second-order valence-electron chi connectivity index (χ2n) is 8.33. The molecule has 4 heterocycles. The molecule has 1 aliphatic heterocycles. The van der Waals surface area contributed by atoms with Crippen LogP contribution in [0.1, 0.15) is 37.7 Å². The van der Waals surface area contributed by atoms with Crippen LogP contribution in [0.4, 0.5) is 0 Å². The van der Waals surface area contributed by atoms with Gasteiger partial charge in [-0.25, -0.2) is 18.1 Å². The van der Waals surface area contributed by atoms with Gasteiger partial charge in [-0.05, 0) is 19.1 Å². The van der Waals surface area contributed by atoms with Crippen molar-refractivity contribution in [3.8, 4) is 0 Å². The van der Waals surface area contributed by atoms with Crippen LogP contribution in [0.15, 0.2) is 47.8 Å². The van der Waals surface area contributed by atoms with E-state index in [-0.39, 0.29) is 12.5 Å². The summed E-state index contributed by atoms with van der Waals surface area (Å²) in [5.41, 5.74) is 2.73. The van der Waals surface area contributed by atoms with Crippen molar-refractivity contribution in [3.05, 3.63) is 59.3 Å². The zero-order valence-corrected chi connectivity index (χ0v) is 20.3. The van der Waals surface area contributed by atoms with E-state index in [0.29, 0.717) is 38.8 Å². The lowest BCUT2D eigenvalue weighted by molar-refractivity contribution is -0.146. The normalized spacial score (nSPS) is 19.1. The topological polar surface area (TPSA) is 98.8 Å². The smallest absolute Gasteiger partial charge is 0.302 e. The number of benzene rings is 1. The predicted molar refractivity (Wildman–Crippen MR) is 127 cm³/mol. The number of amides is 1. The van der Waals surface area contributed by atoms with Crippen molar-refractivity contribution >= 4 is 51.1 Å². The van der Waals surface area contributed by atoms with Gasteiger partial charge < -0.3 is 9.64 Å². The van der Waals surface area contributed by atoms with Crippen molar-refractivity contribution in [1.29, 1.82) is 0 Å². The first-order valence-electron chi connectivity index (χ1n) is 10.7. The van der Waals surface area contributed by atoms with Gasteiger partial charge in [0.1, 0.15) is 17.4 Å². The average Bonchev–Trinajstić information content (AvgIpc) is 3.48. The maximum atomic E-state index is 13.3. The van der Waals surface area contributed by atoms with Gasteiger partial charge in [0, 0.05) is 26.5 Å². The quantitative estimate of drug-likeness (QED) is 0.399. The molecule has 0 aliphatic carbocycles. The number of likely N-dealkylation sites (tertiary alicyclic amines) is 1. The van der Waals surface area contributed by atoms with Crippen LogP contribution in [0, 0.1) is 6.92 Å². The second-order valence-corrected chi connectivity index (χ2v) is 10.1. The molecule has 11 heteroatoms. The van der Waals surface area contributed by atoms with E-state index in [4.69, 9.17) is 16.3 Å². The Balaban J connectivity index is 1.64. The third-order valence-corrected chi connectivity index (χ3v) is 7.52. The van der Waals surface area contributed by atoms with E-state index >= 15 is 0 Å². The molecule has 0 spiro atoms. The number of ether oxygens (including phenoxy) is 1. The van der Waals surface area contributed by atoms with Crippen molar-refractivity contribution < 1.29 is 18.5 Å². The number of carbonyl (C=O) groups excluding carboxylic acids is 2. The maximum absolute atomic E-state index is 13.3. The first-order valence-corrected chi connectivity index (χ1v) is 12.2. The average molecular weight is 500 g/mol. The number of aromatic nitrogens is 4. The number of rotatable bonds is 4. The standard InChI is InChI=1S/C23H22ClN5O4S/c1-13-4-6-18(7-5-13)34(32)28-12-19(24)21-23(28)26-10-16-9-25-22(29(16)21)20-8-17(33-15(3)31)11-27(20)14(2)30/h4-7,9-10,12,17,20H,8,11H2,1-3H3. The van der Waals surface area contributed by atoms with Crippen LogP contribution < -0.4 is 0 Å². The van der Waals surface area contributed by atoms with Gasteiger partial charge in [-0.3, -0.25) is 14.0 Å². The highest BCUT2D eigenvalue weighted by Crippen LogP contribution is 2.36. The molecule has 0 saturated carbocycles. The Morgan fingerprint density at radius 3 is 2.53 bits per heavy atom. The summed E-state index contributed by atoms with van der Waals surface area (Å²) in [4.78, 5) is 35.3. The Morgan fingerprint density at radius 1 is 1.15 bits per heavy atom. The highest BCUT2D eigenvalue weighted by Gasteiger charge is 2.39. The van der Waals surface area contributed by atoms with E-state index in [1.807, 2.05) is 35.6 Å². The molecule has 9 nitrogen and oxygen atoms in total. The van der Waals surface area contributed by atoms with Crippen LogP contribution in [0.3, 0.4) is 0 Å². The van der Waals surface area contributed by atoms with Crippen molar-refractivity contribution in [3.63, 3.8) is 0 Å². The largest absolute Gasteiger partial charge is 0.461 e. The predicted octanol–water partition coefficient (Wildman–Crippen LogP) is 3.44. The van der Waals surface area contributed by atoms with Crippen molar-refractivity contribution in [2.24, 2.45) is 0 Å². The summed E-state index contributed by atoms with van der Waals surface area (Å²) in [5, 5.41) is 0.358. The third kappa shape index (κ3) is 3.76. The third-order valence-electron chi connectivity index (χ3n) is 5.94. The second kappa shape index (κ2) is 8.52. The van der Waals surface area contributed by atoms with E-state index in [2.05, 4.69) is 9.97 Å². The zero-order chi connectivity index (χ0) is 24.1. The summed E-state index contributed by atoms with van der Waals surface area (Å²) in [6.07, 6.45) is 4.87. The van der Waals surface area contributed by atoms with Crippen LogP contribution in [0.2, 0.25) is 5.02 Å². The summed E-state index contributed by atoms with van der Waals surface area (Å²) in [6, 6.07) is 7.00. The Hall–Kier alpha value is -3.24. The van der Waals surface area contributed by atoms with Crippen LogP contribution in [0.25, 0.3) is 16.7 Å². The number of fused-ring (bicyclic) bond motifs is 3. The van der Waals surface area contributed by atoms with Crippen molar-refractivity contribution in [1.82, 2.24) is 23.2 Å². The van der Waals surface area contributed by atoms with E-state index in [0.717, 1.165) is 5.56 Å². The minimum absolute atomic E-state index is 0.147. The number of esters is 1. The number of aryl methyl sites for hydroxylation is 1. The minimum Gasteiger partial charge on any atom is -0.461 e. The highest BCUT2D eigenvalue weighted by molar-refractivity contribution is 7.83. The molecule has 1 aliphatic rings. The molecular weight excluding hydrogens is 478 g/mol. The Labute approximate surface area is 202 Å². The summed E-state index contributed by atoms with van der Waals surface area (Å²) in [5.74, 6) is 0.0336. The number of hydrogen-bond donors (Lipinski definition) is 0. The molecule has 34 heavy (non-hydrogen) atoms. The van der Waals surface area contributed by atoms with Gasteiger partial charge in [0.25, 0.3) is 0 Å². The lowest BCUT2D eigenvalue weighted by atomic mass is 10.2. The molecule has 0 N–H and O–H groups in total. The fourth-order valence-corrected chi connectivity index (χ4v) is 5.86. The number of imidazole rings is 1.